The lowest BCUT2D eigenvalue weighted by Crippen LogP contribution is -2.10. The Bertz CT molecular complexity index is 491. The third kappa shape index (κ3) is 1.93. The number of hydrogen-bond acceptors (Lipinski definition) is 3. The van der Waals surface area contributed by atoms with Gasteiger partial charge in [0.1, 0.15) is 5.52 Å². The van der Waals surface area contributed by atoms with E-state index in [1.165, 1.54) is 0 Å². The fourth-order valence-corrected chi connectivity index (χ4v) is 1.33. The first-order chi connectivity index (χ1) is 7.31. The summed E-state index contributed by atoms with van der Waals surface area (Å²) in [6, 6.07) is 5.54. The predicted octanol–water partition coefficient (Wildman–Crippen LogP) is 1.98. The van der Waals surface area contributed by atoms with Crippen LogP contribution in [0.2, 0.25) is 0 Å². The molecule has 0 atom stereocenters. The zero-order chi connectivity index (χ0) is 10.7. The van der Waals surface area contributed by atoms with Crippen LogP contribution in [0.25, 0.3) is 11.0 Å². The highest BCUT2D eigenvalue weighted by Gasteiger charge is 2.04. The van der Waals surface area contributed by atoms with Crippen molar-refractivity contribution in [1.29, 1.82) is 0 Å². The van der Waals surface area contributed by atoms with E-state index < -0.39 is 0 Å². The number of anilines is 1. The van der Waals surface area contributed by atoms with Gasteiger partial charge in [-0.15, -0.1) is 0 Å². The molecule has 1 N–H and O–H groups in total. The molecule has 4 nitrogen and oxygen atoms in total. The molecule has 2 rings (SSSR count). The minimum absolute atomic E-state index is 0.0202. The van der Waals surface area contributed by atoms with Gasteiger partial charge >= 0.3 is 0 Å². The highest BCUT2D eigenvalue weighted by molar-refractivity contribution is 5.98. The SMILES string of the molecule is CCC(=O)Nc1cccc2nccnc12. The summed E-state index contributed by atoms with van der Waals surface area (Å²) in [6.07, 6.45) is 3.70. The summed E-state index contributed by atoms with van der Waals surface area (Å²) in [7, 11) is 0. The average molecular weight is 201 g/mol. The molecule has 0 fully saturated rings. The number of para-hydroxylation sites is 1. The smallest absolute Gasteiger partial charge is 0.224 e. The molecule has 0 unspecified atom stereocenters. The number of carbonyl (C=O) groups is 1. The maximum atomic E-state index is 11.3. The largest absolute Gasteiger partial charge is 0.324 e. The molecule has 0 bridgehead atoms. The van der Waals surface area contributed by atoms with E-state index in [1.807, 2.05) is 25.1 Å². The van der Waals surface area contributed by atoms with Crippen molar-refractivity contribution in [3.63, 3.8) is 0 Å². The third-order valence-corrected chi connectivity index (χ3v) is 2.09. The van der Waals surface area contributed by atoms with Crippen LogP contribution in [-0.4, -0.2) is 15.9 Å². The summed E-state index contributed by atoms with van der Waals surface area (Å²) in [5.41, 5.74) is 2.22. The number of nitrogens with zero attached hydrogens (tertiary/aromatic N) is 2. The Labute approximate surface area is 87.4 Å². The molecule has 0 aliphatic carbocycles. The molecule has 0 saturated carbocycles. The Morgan fingerprint density at radius 1 is 1.33 bits per heavy atom. The number of rotatable bonds is 2. The first-order valence-corrected chi connectivity index (χ1v) is 4.81. The number of benzene rings is 1. The van der Waals surface area contributed by atoms with Gasteiger partial charge in [-0.05, 0) is 12.1 Å². The van der Waals surface area contributed by atoms with Gasteiger partial charge < -0.3 is 5.32 Å². The molecule has 15 heavy (non-hydrogen) atoms. The van der Waals surface area contributed by atoms with Crippen molar-refractivity contribution in [2.24, 2.45) is 0 Å². The second-order valence-corrected chi connectivity index (χ2v) is 3.13. The Morgan fingerprint density at radius 3 is 2.93 bits per heavy atom. The lowest BCUT2D eigenvalue weighted by Gasteiger charge is -2.05. The fourth-order valence-electron chi connectivity index (χ4n) is 1.33. The lowest BCUT2D eigenvalue weighted by atomic mass is 10.2. The van der Waals surface area contributed by atoms with Gasteiger partial charge in [-0.3, -0.25) is 14.8 Å². The summed E-state index contributed by atoms with van der Waals surface area (Å²) >= 11 is 0. The summed E-state index contributed by atoms with van der Waals surface area (Å²) in [4.78, 5) is 19.6. The van der Waals surface area contributed by atoms with Crippen LogP contribution < -0.4 is 5.32 Å². The van der Waals surface area contributed by atoms with Crippen LogP contribution >= 0.6 is 0 Å². The zero-order valence-corrected chi connectivity index (χ0v) is 8.40. The molecular formula is C11H11N3O. The first kappa shape index (κ1) is 9.58. The van der Waals surface area contributed by atoms with Crippen LogP contribution in [0.4, 0.5) is 5.69 Å². The van der Waals surface area contributed by atoms with Crippen molar-refractivity contribution in [2.45, 2.75) is 13.3 Å². The van der Waals surface area contributed by atoms with Gasteiger partial charge in [0.05, 0.1) is 11.2 Å². The maximum Gasteiger partial charge on any atom is 0.224 e. The number of carbonyl (C=O) groups excluding carboxylic acids is 1. The van der Waals surface area contributed by atoms with Crippen LogP contribution in [0.1, 0.15) is 13.3 Å². The lowest BCUT2D eigenvalue weighted by molar-refractivity contribution is -0.115. The van der Waals surface area contributed by atoms with Gasteiger partial charge in [-0.25, -0.2) is 0 Å². The molecule has 2 aromatic rings. The second kappa shape index (κ2) is 4.04. The van der Waals surface area contributed by atoms with E-state index in [4.69, 9.17) is 0 Å². The van der Waals surface area contributed by atoms with Crippen LogP contribution in [0.3, 0.4) is 0 Å². The van der Waals surface area contributed by atoms with Gasteiger partial charge in [0.2, 0.25) is 5.91 Å². The Balaban J connectivity index is 2.46. The molecule has 1 amide bonds. The van der Waals surface area contributed by atoms with Crippen molar-refractivity contribution in [1.82, 2.24) is 9.97 Å². The topological polar surface area (TPSA) is 54.9 Å². The van der Waals surface area contributed by atoms with Gasteiger partial charge in [-0.1, -0.05) is 13.0 Å². The van der Waals surface area contributed by atoms with Crippen molar-refractivity contribution >= 4 is 22.6 Å². The number of hydrogen-bond donors (Lipinski definition) is 1. The molecule has 0 spiro atoms. The van der Waals surface area contributed by atoms with Crippen molar-refractivity contribution in [3.8, 4) is 0 Å². The van der Waals surface area contributed by atoms with Gasteiger partial charge in [-0.2, -0.15) is 0 Å². The fraction of sp³-hybridized carbons (Fsp3) is 0.182. The molecule has 1 aromatic heterocycles. The van der Waals surface area contributed by atoms with Gasteiger partial charge in [0, 0.05) is 18.8 Å². The van der Waals surface area contributed by atoms with Crippen LogP contribution in [0, 0.1) is 0 Å². The highest BCUT2D eigenvalue weighted by Crippen LogP contribution is 2.18. The van der Waals surface area contributed by atoms with E-state index in [0.717, 1.165) is 11.0 Å². The minimum Gasteiger partial charge on any atom is -0.324 e. The van der Waals surface area contributed by atoms with Gasteiger partial charge in [0.15, 0.2) is 0 Å². The maximum absolute atomic E-state index is 11.3. The first-order valence-electron chi connectivity index (χ1n) is 4.81. The monoisotopic (exact) mass is 201 g/mol. The van der Waals surface area contributed by atoms with Crippen LogP contribution in [-0.2, 0) is 4.79 Å². The molecular weight excluding hydrogens is 190 g/mol. The number of fused-ring (bicyclic) bond motifs is 1. The highest BCUT2D eigenvalue weighted by atomic mass is 16.1. The number of nitrogens with one attached hydrogen (secondary N) is 1. The van der Waals surface area contributed by atoms with Gasteiger partial charge in [0.25, 0.3) is 0 Å². The molecule has 0 saturated heterocycles. The summed E-state index contributed by atoms with van der Waals surface area (Å²) in [5.74, 6) is -0.0202. The van der Waals surface area contributed by atoms with E-state index in [2.05, 4.69) is 15.3 Å². The van der Waals surface area contributed by atoms with Crippen LogP contribution in [0.5, 0.6) is 0 Å². The van der Waals surface area contributed by atoms with Crippen molar-refractivity contribution < 1.29 is 4.79 Å². The second-order valence-electron chi connectivity index (χ2n) is 3.13. The van der Waals surface area contributed by atoms with Crippen molar-refractivity contribution in [2.75, 3.05) is 5.32 Å². The molecule has 1 aromatic carbocycles. The van der Waals surface area contributed by atoms with E-state index in [0.29, 0.717) is 12.1 Å². The molecule has 0 radical (unpaired) electrons. The summed E-state index contributed by atoms with van der Waals surface area (Å²) in [6.45, 7) is 1.81. The number of aromatic nitrogens is 2. The summed E-state index contributed by atoms with van der Waals surface area (Å²) < 4.78 is 0. The van der Waals surface area contributed by atoms with E-state index in [9.17, 15) is 4.79 Å². The molecule has 0 aliphatic rings. The van der Waals surface area contributed by atoms with E-state index in [1.54, 1.807) is 12.4 Å². The third-order valence-electron chi connectivity index (χ3n) is 2.09. The zero-order valence-electron chi connectivity index (χ0n) is 8.40. The molecule has 0 aliphatic heterocycles. The Morgan fingerprint density at radius 2 is 2.13 bits per heavy atom. The predicted molar refractivity (Wildman–Crippen MR) is 58.5 cm³/mol. The average Bonchev–Trinajstić information content (AvgIpc) is 2.29. The number of amides is 1. The minimum atomic E-state index is -0.0202. The summed E-state index contributed by atoms with van der Waals surface area (Å²) in [5, 5.41) is 2.79. The molecule has 4 heteroatoms. The molecule has 1 heterocycles. The van der Waals surface area contributed by atoms with E-state index >= 15 is 0 Å². The molecule has 76 valence electrons. The normalized spacial score (nSPS) is 10.2. The van der Waals surface area contributed by atoms with Crippen LogP contribution in [0.15, 0.2) is 30.6 Å². The quantitative estimate of drug-likeness (QED) is 0.808. The van der Waals surface area contributed by atoms with Crippen molar-refractivity contribution in [3.05, 3.63) is 30.6 Å². The van der Waals surface area contributed by atoms with E-state index in [-0.39, 0.29) is 5.91 Å². The Kier molecular flexibility index (Phi) is 2.58. The Hall–Kier alpha value is -1.97. The standard InChI is InChI=1S/C11H11N3O/c1-2-10(15)14-9-5-3-4-8-11(9)13-7-6-12-8/h3-7H,2H2,1H3,(H,14,15).